The second kappa shape index (κ2) is 9.09. The van der Waals surface area contributed by atoms with Gasteiger partial charge < -0.3 is 14.2 Å². The summed E-state index contributed by atoms with van der Waals surface area (Å²) in [6.07, 6.45) is 1.76. The molecule has 140 valence electrons. The number of hydrogen-bond donors (Lipinski definition) is 0. The topological polar surface area (TPSA) is 77.4 Å². The number of nitrogens with zero attached hydrogens (tertiary/aromatic N) is 2. The van der Waals surface area contributed by atoms with E-state index >= 15 is 0 Å². The molecule has 9 heteroatoms. The molecule has 1 aliphatic heterocycles. The highest BCUT2D eigenvalue weighted by Gasteiger charge is 2.29. The molecule has 0 bridgehead atoms. The molecule has 0 saturated carbocycles. The van der Waals surface area contributed by atoms with Gasteiger partial charge in [-0.1, -0.05) is 0 Å². The highest BCUT2D eigenvalue weighted by molar-refractivity contribution is 9.10. The number of likely N-dealkylation sites (N-methyl/N-ethyl adjacent to an activating group) is 1. The smallest absolute Gasteiger partial charge is 0.343 e. The van der Waals surface area contributed by atoms with E-state index in [2.05, 4.69) is 25.7 Å². The summed E-state index contributed by atoms with van der Waals surface area (Å²) in [6, 6.07) is 3.54. The first-order valence-electron chi connectivity index (χ1n) is 7.71. The van der Waals surface area contributed by atoms with Crippen molar-refractivity contribution in [1.29, 1.82) is 0 Å². The van der Waals surface area contributed by atoms with Gasteiger partial charge in [0.15, 0.2) is 23.3 Å². The van der Waals surface area contributed by atoms with E-state index in [4.69, 9.17) is 9.47 Å². The van der Waals surface area contributed by atoms with E-state index in [1.54, 1.807) is 32.3 Å². The van der Waals surface area contributed by atoms with Crippen LogP contribution in [0, 0.1) is 0 Å². The number of amides is 1. The van der Waals surface area contributed by atoms with Gasteiger partial charge in [-0.3, -0.25) is 14.7 Å². The van der Waals surface area contributed by atoms with Gasteiger partial charge in [-0.25, -0.2) is 4.79 Å². The number of hydrogen-bond acceptors (Lipinski definition) is 7. The van der Waals surface area contributed by atoms with Gasteiger partial charge in [0.05, 0.1) is 23.1 Å². The van der Waals surface area contributed by atoms with Gasteiger partial charge in [-0.2, -0.15) is 0 Å². The fraction of sp³-hybridized carbons (Fsp3) is 0.353. The average molecular weight is 443 g/mol. The quantitative estimate of drug-likeness (QED) is 0.497. The molecule has 1 aromatic carbocycles. The minimum absolute atomic E-state index is 0.115. The van der Waals surface area contributed by atoms with Gasteiger partial charge >= 0.3 is 5.97 Å². The second-order valence-electron chi connectivity index (χ2n) is 5.11. The summed E-state index contributed by atoms with van der Waals surface area (Å²) in [6.45, 7) is 2.04. The molecule has 0 aromatic heterocycles. The number of rotatable bonds is 6. The third-order valence-corrected chi connectivity index (χ3v) is 5.13. The van der Waals surface area contributed by atoms with Crippen LogP contribution >= 0.6 is 27.7 Å². The van der Waals surface area contributed by atoms with E-state index in [1.165, 1.54) is 23.8 Å². The Hall–Kier alpha value is -2.00. The molecule has 2 rings (SSSR count). The van der Waals surface area contributed by atoms with Gasteiger partial charge in [-0.05, 0) is 58.4 Å². The van der Waals surface area contributed by atoms with Crippen molar-refractivity contribution < 1.29 is 23.8 Å². The van der Waals surface area contributed by atoms with Crippen LogP contribution in [0.5, 0.6) is 11.5 Å². The summed E-state index contributed by atoms with van der Waals surface area (Å²) in [5.74, 6) is 0.257. The Morgan fingerprint density at radius 1 is 1.38 bits per heavy atom. The number of aliphatic imine (C=N–C) groups is 1. The van der Waals surface area contributed by atoms with Crippen LogP contribution in [0.25, 0.3) is 6.08 Å². The number of amidine groups is 1. The first-order chi connectivity index (χ1) is 12.4. The lowest BCUT2D eigenvalue weighted by Crippen LogP contribution is -2.23. The van der Waals surface area contributed by atoms with E-state index < -0.39 is 5.97 Å². The van der Waals surface area contributed by atoms with E-state index in [1.807, 2.05) is 6.92 Å². The maximum Gasteiger partial charge on any atom is 0.343 e. The molecule has 1 amide bonds. The van der Waals surface area contributed by atoms with Crippen molar-refractivity contribution in [2.45, 2.75) is 6.92 Å². The highest BCUT2D eigenvalue weighted by Crippen LogP contribution is 2.39. The van der Waals surface area contributed by atoms with Gasteiger partial charge in [0.25, 0.3) is 5.91 Å². The Bertz CT molecular complexity index is 779. The summed E-state index contributed by atoms with van der Waals surface area (Å²) in [7, 11) is 4.62. The highest BCUT2D eigenvalue weighted by atomic mass is 79.9. The molecule has 1 heterocycles. The van der Waals surface area contributed by atoms with Crippen molar-refractivity contribution in [2.24, 2.45) is 4.99 Å². The molecule has 0 atom stereocenters. The third kappa shape index (κ3) is 4.59. The number of carbonyl (C=O) groups is 2. The molecule has 0 unspecified atom stereocenters. The van der Waals surface area contributed by atoms with Crippen LogP contribution in [0.1, 0.15) is 12.5 Å². The average Bonchev–Trinajstić information content (AvgIpc) is 2.88. The Kier molecular flexibility index (Phi) is 7.10. The predicted octanol–water partition coefficient (Wildman–Crippen LogP) is 2.93. The molecule has 7 nitrogen and oxygen atoms in total. The minimum atomic E-state index is -0.493. The first-order valence-corrected chi connectivity index (χ1v) is 9.32. The van der Waals surface area contributed by atoms with E-state index in [0.717, 1.165) is 5.56 Å². The zero-order valence-electron chi connectivity index (χ0n) is 14.9. The number of ether oxygens (including phenoxy) is 3. The zero-order valence-corrected chi connectivity index (χ0v) is 17.3. The summed E-state index contributed by atoms with van der Waals surface area (Å²) in [5.41, 5.74) is 0.757. The van der Waals surface area contributed by atoms with Gasteiger partial charge in [0.2, 0.25) is 0 Å². The van der Waals surface area contributed by atoms with Gasteiger partial charge in [0, 0.05) is 14.1 Å². The maximum absolute atomic E-state index is 12.3. The molecule has 1 aliphatic rings. The van der Waals surface area contributed by atoms with Crippen LogP contribution < -0.4 is 9.47 Å². The SMILES string of the molecule is CCOc1cc(/C=C2/SC(=NC)N(C)C2=O)cc(Br)c1OCC(=O)OC. The lowest BCUT2D eigenvalue weighted by molar-refractivity contribution is -0.143. The van der Waals surface area contributed by atoms with E-state index in [9.17, 15) is 9.59 Å². The van der Waals surface area contributed by atoms with Crippen LogP contribution in [0.2, 0.25) is 0 Å². The van der Waals surface area contributed by atoms with Crippen LogP contribution in [0.3, 0.4) is 0 Å². The minimum Gasteiger partial charge on any atom is -0.490 e. The van der Waals surface area contributed by atoms with Crippen LogP contribution in [0.4, 0.5) is 0 Å². The van der Waals surface area contributed by atoms with Gasteiger partial charge in [-0.15, -0.1) is 0 Å². The van der Waals surface area contributed by atoms with Crippen LogP contribution in [0.15, 0.2) is 26.5 Å². The number of halogens is 1. The second-order valence-corrected chi connectivity index (χ2v) is 6.97. The van der Waals surface area contributed by atoms with Crippen molar-refractivity contribution in [3.63, 3.8) is 0 Å². The first kappa shape index (κ1) is 20.3. The molecular formula is C17H19BrN2O5S. The summed E-state index contributed by atoms with van der Waals surface area (Å²) < 4.78 is 16.3. The number of methoxy groups -OCH3 is 1. The summed E-state index contributed by atoms with van der Waals surface area (Å²) >= 11 is 4.74. The largest absolute Gasteiger partial charge is 0.490 e. The number of esters is 1. The Balaban J connectivity index is 2.35. The predicted molar refractivity (Wildman–Crippen MR) is 105 cm³/mol. The summed E-state index contributed by atoms with van der Waals surface area (Å²) in [5, 5.41) is 0.642. The molecule has 1 aromatic rings. The third-order valence-electron chi connectivity index (χ3n) is 3.39. The Morgan fingerprint density at radius 2 is 2.12 bits per heavy atom. The van der Waals surface area contributed by atoms with Crippen LogP contribution in [-0.2, 0) is 14.3 Å². The van der Waals surface area contributed by atoms with Crippen molar-refractivity contribution in [2.75, 3.05) is 34.4 Å². The normalized spacial score (nSPS) is 17.1. The van der Waals surface area contributed by atoms with Crippen molar-refractivity contribution in [3.05, 3.63) is 27.1 Å². The molecular weight excluding hydrogens is 424 g/mol. The molecule has 1 saturated heterocycles. The summed E-state index contributed by atoms with van der Waals surface area (Å²) in [4.78, 5) is 29.8. The molecule has 0 aliphatic carbocycles. The maximum atomic E-state index is 12.3. The van der Waals surface area contributed by atoms with E-state index in [-0.39, 0.29) is 12.5 Å². The molecule has 26 heavy (non-hydrogen) atoms. The number of thioether (sulfide) groups is 1. The van der Waals surface area contributed by atoms with E-state index in [0.29, 0.717) is 32.7 Å². The monoisotopic (exact) mass is 442 g/mol. The molecule has 0 radical (unpaired) electrons. The molecule has 0 spiro atoms. The van der Waals surface area contributed by atoms with Crippen molar-refractivity contribution >= 4 is 50.8 Å². The van der Waals surface area contributed by atoms with Crippen LogP contribution in [-0.4, -0.2) is 56.4 Å². The Labute approximate surface area is 164 Å². The zero-order chi connectivity index (χ0) is 19.3. The fourth-order valence-electron chi connectivity index (χ4n) is 2.17. The lowest BCUT2D eigenvalue weighted by Gasteiger charge is -2.14. The fourth-order valence-corrected chi connectivity index (χ4v) is 3.67. The number of benzene rings is 1. The molecule has 0 N–H and O–H groups in total. The number of carbonyl (C=O) groups excluding carboxylic acids is 2. The molecule has 1 fully saturated rings. The van der Waals surface area contributed by atoms with Crippen molar-refractivity contribution in [1.82, 2.24) is 4.90 Å². The standard InChI is InChI=1S/C17H19BrN2O5S/c1-5-24-12-7-10(6-11(18)15(12)25-9-14(21)23-4)8-13-16(22)20(3)17(19-2)26-13/h6-8H,5,9H2,1-4H3/b13-8+,19-17?. The van der Waals surface area contributed by atoms with Gasteiger partial charge in [0.1, 0.15) is 0 Å². The van der Waals surface area contributed by atoms with Crippen molar-refractivity contribution in [3.8, 4) is 11.5 Å². The lowest BCUT2D eigenvalue weighted by atomic mass is 10.2. The Morgan fingerprint density at radius 3 is 2.69 bits per heavy atom.